The van der Waals surface area contributed by atoms with Crippen molar-refractivity contribution in [3.8, 4) is 11.1 Å². The number of hydrogen-bond donors (Lipinski definition) is 3. The Labute approximate surface area is 240 Å². The highest BCUT2D eigenvalue weighted by Crippen LogP contribution is 2.36. The van der Waals surface area contributed by atoms with E-state index in [1.54, 1.807) is 17.8 Å². The van der Waals surface area contributed by atoms with Crippen molar-refractivity contribution in [2.24, 2.45) is 18.9 Å². The Bertz CT molecular complexity index is 1640. The van der Waals surface area contributed by atoms with Gasteiger partial charge in [0.05, 0.1) is 17.9 Å². The van der Waals surface area contributed by atoms with E-state index in [2.05, 4.69) is 39.5 Å². The van der Waals surface area contributed by atoms with Crippen molar-refractivity contribution in [3.05, 3.63) is 93.3 Å². The van der Waals surface area contributed by atoms with Crippen LogP contribution in [0.15, 0.2) is 65.2 Å². The summed E-state index contributed by atoms with van der Waals surface area (Å²) in [5.41, 5.74) is 7.54. The quantitative estimate of drug-likeness (QED) is 0.446. The first-order valence-corrected chi connectivity index (χ1v) is 14.9. The van der Waals surface area contributed by atoms with E-state index < -0.39 is 0 Å². The highest BCUT2D eigenvalue weighted by molar-refractivity contribution is 6.09. The lowest BCUT2D eigenvalue weighted by Crippen LogP contribution is -2.38. The van der Waals surface area contributed by atoms with Crippen molar-refractivity contribution in [2.75, 3.05) is 29.9 Å². The number of hydrogen-bond acceptors (Lipinski definition) is 5. The first kappa shape index (κ1) is 26.0. The minimum Gasteiger partial charge on any atom is -0.392 e. The summed E-state index contributed by atoms with van der Waals surface area (Å²) in [6.45, 7) is 3.33. The molecule has 1 fully saturated rings. The topological polar surface area (TPSA) is 91.5 Å². The molecule has 3 N–H and O–H groups in total. The number of nitrogens with zero attached hydrogens (tertiary/aromatic N) is 3. The molecule has 212 valence electrons. The maximum Gasteiger partial charge on any atom is 0.274 e. The van der Waals surface area contributed by atoms with E-state index in [0.29, 0.717) is 29.6 Å². The molecule has 0 spiro atoms. The lowest BCUT2D eigenvalue weighted by atomic mass is 9.82. The first-order valence-electron chi connectivity index (χ1n) is 14.9. The lowest BCUT2D eigenvalue weighted by Gasteiger charge is -2.31. The van der Waals surface area contributed by atoms with Gasteiger partial charge in [-0.25, -0.2) is 0 Å². The van der Waals surface area contributed by atoms with Crippen LogP contribution in [-0.4, -0.2) is 39.8 Å². The van der Waals surface area contributed by atoms with Crippen LogP contribution in [0.3, 0.4) is 0 Å². The number of carbonyl (C=O) groups excluding carboxylic acids is 1. The standard InChI is InChI=1S/C33H37N5O3/c1-36-19-23(16-29(33(36)41)35-24-9-8-22-18-34-12-10-21(22)15-24)26-6-4-7-30(28(26)20-39)38-14-11-31-27(32(38)40)17-25-5-2-3-13-37(25)31/h4,6-9,15-17,19,21-22,34-35,39H,2-3,5,10-14,18,20H2,1H3. The number of amides is 1. The summed E-state index contributed by atoms with van der Waals surface area (Å²) < 4.78 is 3.93. The fourth-order valence-electron chi connectivity index (χ4n) is 7.14. The third-order valence-electron chi connectivity index (χ3n) is 9.28. The van der Waals surface area contributed by atoms with Crippen molar-refractivity contribution < 1.29 is 9.90 Å². The van der Waals surface area contributed by atoms with Gasteiger partial charge in [-0.1, -0.05) is 24.3 Å². The van der Waals surface area contributed by atoms with Gasteiger partial charge in [0.1, 0.15) is 5.69 Å². The van der Waals surface area contributed by atoms with E-state index >= 15 is 0 Å². The number of fused-ring (bicyclic) bond motifs is 4. The normalized spacial score (nSPS) is 21.7. The van der Waals surface area contributed by atoms with Crippen molar-refractivity contribution in [1.29, 1.82) is 0 Å². The number of aliphatic hydroxyl groups excluding tert-OH is 1. The highest BCUT2D eigenvalue weighted by Gasteiger charge is 2.32. The second kappa shape index (κ2) is 10.5. The molecule has 0 bridgehead atoms. The Morgan fingerprint density at radius 1 is 1.07 bits per heavy atom. The Balaban J connectivity index is 1.22. The van der Waals surface area contributed by atoms with E-state index in [1.165, 1.54) is 12.1 Å². The molecule has 8 heteroatoms. The van der Waals surface area contributed by atoms with Crippen LogP contribution in [0.25, 0.3) is 11.1 Å². The van der Waals surface area contributed by atoms with Crippen LogP contribution in [0.5, 0.6) is 0 Å². The number of pyridine rings is 1. The minimum absolute atomic E-state index is 0.00458. The third-order valence-corrected chi connectivity index (χ3v) is 9.28. The minimum atomic E-state index is -0.217. The van der Waals surface area contributed by atoms with Crippen molar-refractivity contribution in [1.82, 2.24) is 14.5 Å². The predicted molar refractivity (Wildman–Crippen MR) is 161 cm³/mol. The zero-order valence-corrected chi connectivity index (χ0v) is 23.5. The van der Waals surface area contributed by atoms with Crippen LogP contribution in [0.4, 0.5) is 11.4 Å². The van der Waals surface area contributed by atoms with Gasteiger partial charge in [0.2, 0.25) is 0 Å². The summed E-state index contributed by atoms with van der Waals surface area (Å²) in [5.74, 6) is 0.946. The Hall–Kier alpha value is -3.88. The van der Waals surface area contributed by atoms with Gasteiger partial charge in [0.25, 0.3) is 11.5 Å². The SMILES string of the molecule is Cn1cc(-c2cccc(N3CCc4c(cc5n4CCCC5)C3=O)c2CO)cc(NC2=CC3CCNCC3C=C2)c1=O. The number of nitrogens with one attached hydrogen (secondary N) is 2. The molecule has 1 aromatic carbocycles. The van der Waals surface area contributed by atoms with Gasteiger partial charge < -0.3 is 29.8 Å². The van der Waals surface area contributed by atoms with Gasteiger partial charge in [-0.2, -0.15) is 0 Å². The maximum absolute atomic E-state index is 13.8. The summed E-state index contributed by atoms with van der Waals surface area (Å²) in [4.78, 5) is 28.8. The van der Waals surface area contributed by atoms with E-state index in [1.807, 2.05) is 29.2 Å². The largest absolute Gasteiger partial charge is 0.392 e. The number of aromatic nitrogens is 2. The average Bonchev–Trinajstić information content (AvgIpc) is 3.39. The van der Waals surface area contributed by atoms with Gasteiger partial charge in [0, 0.05) is 67.5 Å². The van der Waals surface area contributed by atoms with Crippen molar-refractivity contribution >= 4 is 17.3 Å². The number of anilines is 2. The van der Waals surface area contributed by atoms with Crippen LogP contribution >= 0.6 is 0 Å². The monoisotopic (exact) mass is 551 g/mol. The highest BCUT2D eigenvalue weighted by atomic mass is 16.3. The van der Waals surface area contributed by atoms with Crippen LogP contribution in [0, 0.1) is 11.8 Å². The molecule has 7 rings (SSSR count). The smallest absolute Gasteiger partial charge is 0.274 e. The Kier molecular flexibility index (Phi) is 6.67. The van der Waals surface area contributed by atoms with Crippen molar-refractivity contribution in [3.63, 3.8) is 0 Å². The maximum atomic E-state index is 13.8. The van der Waals surface area contributed by atoms with Crippen molar-refractivity contribution in [2.45, 2.75) is 45.3 Å². The molecule has 4 aliphatic rings. The second-order valence-corrected chi connectivity index (χ2v) is 11.8. The molecule has 5 heterocycles. The molecule has 41 heavy (non-hydrogen) atoms. The summed E-state index contributed by atoms with van der Waals surface area (Å²) in [6, 6.07) is 9.75. The molecular weight excluding hydrogens is 514 g/mol. The number of allylic oxidation sites excluding steroid dienone is 2. The molecule has 2 atom stereocenters. The van der Waals surface area contributed by atoms with Crippen LogP contribution in [0.2, 0.25) is 0 Å². The molecule has 0 radical (unpaired) electrons. The number of aliphatic hydroxyl groups is 1. The zero-order chi connectivity index (χ0) is 28.1. The fraction of sp³-hybridized carbons (Fsp3) is 0.394. The van der Waals surface area contributed by atoms with Gasteiger partial charge in [-0.05, 0) is 73.9 Å². The van der Waals surface area contributed by atoms with Gasteiger partial charge in [-0.15, -0.1) is 0 Å². The van der Waals surface area contributed by atoms with Crippen LogP contribution in [0.1, 0.15) is 46.6 Å². The number of aryl methyl sites for hydroxylation is 2. The first-order chi connectivity index (χ1) is 20.0. The van der Waals surface area contributed by atoms with Gasteiger partial charge in [0.15, 0.2) is 0 Å². The van der Waals surface area contributed by atoms with Gasteiger partial charge in [-0.3, -0.25) is 9.59 Å². The number of piperidine rings is 1. The third kappa shape index (κ3) is 4.55. The average molecular weight is 552 g/mol. The van der Waals surface area contributed by atoms with E-state index in [0.717, 1.165) is 79.1 Å². The predicted octanol–water partition coefficient (Wildman–Crippen LogP) is 3.98. The summed E-state index contributed by atoms with van der Waals surface area (Å²) in [5, 5.41) is 17.4. The summed E-state index contributed by atoms with van der Waals surface area (Å²) in [6.07, 6.45) is 13.6. The molecule has 3 aromatic rings. The molecule has 2 aromatic heterocycles. The molecule has 1 amide bonds. The molecule has 1 saturated heterocycles. The van der Waals surface area contributed by atoms with E-state index in [9.17, 15) is 14.7 Å². The second-order valence-electron chi connectivity index (χ2n) is 11.8. The number of benzene rings is 1. The molecule has 8 nitrogen and oxygen atoms in total. The van der Waals surface area contributed by atoms with Crippen LogP contribution < -0.4 is 21.1 Å². The van der Waals surface area contributed by atoms with E-state index in [4.69, 9.17) is 0 Å². The van der Waals surface area contributed by atoms with Crippen LogP contribution in [-0.2, 0) is 33.0 Å². The fourth-order valence-corrected chi connectivity index (χ4v) is 7.14. The summed E-state index contributed by atoms with van der Waals surface area (Å²) >= 11 is 0. The molecule has 3 aliphatic heterocycles. The Morgan fingerprint density at radius 2 is 1.98 bits per heavy atom. The Morgan fingerprint density at radius 3 is 2.85 bits per heavy atom. The number of rotatable bonds is 5. The molecule has 1 aliphatic carbocycles. The summed E-state index contributed by atoms with van der Waals surface area (Å²) in [7, 11) is 1.75. The zero-order valence-electron chi connectivity index (χ0n) is 23.5. The van der Waals surface area contributed by atoms with Gasteiger partial charge >= 0.3 is 0 Å². The van der Waals surface area contributed by atoms with E-state index in [-0.39, 0.29) is 18.1 Å². The lowest BCUT2D eigenvalue weighted by molar-refractivity contribution is 0.0979. The molecular formula is C33H37N5O3. The number of carbonyl (C=O) groups is 1. The molecule has 0 saturated carbocycles. The molecule has 2 unspecified atom stereocenters.